The molecule has 1 aliphatic heterocycles. The van der Waals surface area contributed by atoms with Crippen molar-refractivity contribution in [2.45, 2.75) is 51.7 Å². The predicted octanol–water partition coefficient (Wildman–Crippen LogP) is 1.84. The molecule has 0 aromatic carbocycles. The largest absolute Gasteiger partial charge is 0.481 e. The highest BCUT2D eigenvalue weighted by molar-refractivity contribution is 5.90. The van der Waals surface area contributed by atoms with Crippen molar-refractivity contribution in [1.29, 1.82) is 0 Å². The van der Waals surface area contributed by atoms with Crippen LogP contribution in [-0.4, -0.2) is 46.0 Å². The number of amides is 1. The van der Waals surface area contributed by atoms with Crippen LogP contribution in [0.5, 0.6) is 0 Å². The summed E-state index contributed by atoms with van der Waals surface area (Å²) < 4.78 is 5.44. The molecule has 1 amide bonds. The summed E-state index contributed by atoms with van der Waals surface area (Å²) in [5, 5.41) is 9.53. The van der Waals surface area contributed by atoms with Gasteiger partial charge >= 0.3 is 11.9 Å². The van der Waals surface area contributed by atoms with Crippen LogP contribution in [0.25, 0.3) is 0 Å². The van der Waals surface area contributed by atoms with E-state index in [4.69, 9.17) is 4.74 Å². The van der Waals surface area contributed by atoms with Crippen molar-refractivity contribution in [3.63, 3.8) is 0 Å². The first-order chi connectivity index (χ1) is 11.2. The van der Waals surface area contributed by atoms with E-state index in [1.165, 1.54) is 0 Å². The van der Waals surface area contributed by atoms with E-state index in [1.807, 2.05) is 12.2 Å². The maximum Gasteiger partial charge on any atom is 0.329 e. The lowest BCUT2D eigenvalue weighted by Crippen LogP contribution is -2.48. The van der Waals surface area contributed by atoms with E-state index in [2.05, 4.69) is 0 Å². The molecule has 3 aliphatic rings. The lowest BCUT2D eigenvalue weighted by molar-refractivity contribution is -0.165. The summed E-state index contributed by atoms with van der Waals surface area (Å²) in [6.07, 6.45) is 5.92. The SMILES string of the molecule is CC(C)(C)OC(=O)[C@@H]1CCCN1C(=O)[C@H]1[C@@H](C(=O)O)[C@H]2C=C[C@@H]1C2. The molecule has 1 heterocycles. The number of ether oxygens (including phenoxy) is 1. The second-order valence-electron chi connectivity index (χ2n) is 8.06. The van der Waals surface area contributed by atoms with Gasteiger partial charge in [0.15, 0.2) is 0 Å². The molecular weight excluding hydrogens is 310 g/mol. The lowest BCUT2D eigenvalue weighted by atomic mass is 9.82. The van der Waals surface area contributed by atoms with Gasteiger partial charge < -0.3 is 14.7 Å². The van der Waals surface area contributed by atoms with Gasteiger partial charge in [-0.25, -0.2) is 4.79 Å². The Balaban J connectivity index is 1.77. The van der Waals surface area contributed by atoms with Crippen LogP contribution in [0.4, 0.5) is 0 Å². The first kappa shape index (κ1) is 17.0. The quantitative estimate of drug-likeness (QED) is 0.628. The number of carbonyl (C=O) groups is 3. The Hall–Kier alpha value is -1.85. The molecule has 5 atom stereocenters. The van der Waals surface area contributed by atoms with Gasteiger partial charge in [0, 0.05) is 6.54 Å². The van der Waals surface area contributed by atoms with Gasteiger partial charge in [-0.05, 0) is 51.9 Å². The average molecular weight is 335 g/mol. The molecule has 0 aromatic heterocycles. The molecule has 1 N–H and O–H groups in total. The summed E-state index contributed by atoms with van der Waals surface area (Å²) in [6, 6.07) is -0.589. The van der Waals surface area contributed by atoms with E-state index in [0.29, 0.717) is 13.0 Å². The third kappa shape index (κ3) is 2.94. The van der Waals surface area contributed by atoms with Gasteiger partial charge in [-0.1, -0.05) is 12.2 Å². The smallest absolute Gasteiger partial charge is 0.329 e. The first-order valence-electron chi connectivity index (χ1n) is 8.63. The van der Waals surface area contributed by atoms with Crippen LogP contribution < -0.4 is 0 Å². The van der Waals surface area contributed by atoms with Crippen molar-refractivity contribution in [2.24, 2.45) is 23.7 Å². The zero-order valence-corrected chi connectivity index (χ0v) is 14.4. The molecule has 1 saturated carbocycles. The molecule has 6 nitrogen and oxygen atoms in total. The van der Waals surface area contributed by atoms with Crippen molar-refractivity contribution < 1.29 is 24.2 Å². The minimum absolute atomic E-state index is 0.0245. The van der Waals surface area contributed by atoms with E-state index in [1.54, 1.807) is 25.7 Å². The molecule has 1 saturated heterocycles. The summed E-state index contributed by atoms with van der Waals surface area (Å²) in [5.41, 5.74) is -0.604. The van der Waals surface area contributed by atoms with Crippen molar-refractivity contribution in [1.82, 2.24) is 4.90 Å². The Bertz CT molecular complexity index is 591. The predicted molar refractivity (Wildman–Crippen MR) is 85.9 cm³/mol. The molecule has 0 radical (unpaired) electrons. The summed E-state index contributed by atoms with van der Waals surface area (Å²) >= 11 is 0. The number of carboxylic acids is 1. The third-order valence-electron chi connectivity index (χ3n) is 5.24. The minimum atomic E-state index is -0.918. The van der Waals surface area contributed by atoms with Crippen LogP contribution in [0, 0.1) is 23.7 Å². The third-order valence-corrected chi connectivity index (χ3v) is 5.24. The highest BCUT2D eigenvalue weighted by Gasteiger charge is 2.54. The fraction of sp³-hybridized carbons (Fsp3) is 0.722. The molecule has 0 aromatic rings. The molecule has 3 rings (SSSR count). The first-order valence-corrected chi connectivity index (χ1v) is 8.63. The Labute approximate surface area is 141 Å². The number of carbonyl (C=O) groups excluding carboxylic acids is 2. The van der Waals surface area contributed by atoms with E-state index < -0.39 is 29.4 Å². The Morgan fingerprint density at radius 1 is 1.12 bits per heavy atom. The summed E-state index contributed by atoms with van der Waals surface area (Å²) in [7, 11) is 0. The highest BCUT2D eigenvalue weighted by atomic mass is 16.6. The van der Waals surface area contributed by atoms with E-state index in [9.17, 15) is 19.5 Å². The van der Waals surface area contributed by atoms with E-state index in [-0.39, 0.29) is 23.7 Å². The van der Waals surface area contributed by atoms with Gasteiger partial charge in [0.2, 0.25) is 5.91 Å². The van der Waals surface area contributed by atoms with Gasteiger partial charge in [0.05, 0.1) is 11.8 Å². The zero-order chi connectivity index (χ0) is 17.6. The second-order valence-corrected chi connectivity index (χ2v) is 8.06. The van der Waals surface area contributed by atoms with E-state index >= 15 is 0 Å². The Morgan fingerprint density at radius 3 is 2.33 bits per heavy atom. The Kier molecular flexibility index (Phi) is 4.18. The number of allylic oxidation sites excluding steroid dienone is 2. The molecule has 0 spiro atoms. The molecule has 24 heavy (non-hydrogen) atoms. The zero-order valence-electron chi connectivity index (χ0n) is 14.4. The number of hydrogen-bond donors (Lipinski definition) is 1. The van der Waals surface area contributed by atoms with Crippen molar-refractivity contribution in [3.05, 3.63) is 12.2 Å². The maximum absolute atomic E-state index is 13.1. The molecule has 6 heteroatoms. The van der Waals surface area contributed by atoms with Gasteiger partial charge in [-0.3, -0.25) is 9.59 Å². The lowest BCUT2D eigenvalue weighted by Gasteiger charge is -2.32. The Morgan fingerprint density at radius 2 is 1.75 bits per heavy atom. The average Bonchev–Trinajstić information content (AvgIpc) is 3.18. The number of carboxylic acid groups (broad SMARTS) is 1. The molecule has 132 valence electrons. The summed E-state index contributed by atoms with van der Waals surface area (Å²) in [4.78, 5) is 38.7. The van der Waals surface area contributed by atoms with Crippen LogP contribution >= 0.6 is 0 Å². The van der Waals surface area contributed by atoms with Crippen molar-refractivity contribution >= 4 is 17.8 Å². The van der Waals surface area contributed by atoms with Gasteiger partial charge in [0.25, 0.3) is 0 Å². The molecule has 2 fully saturated rings. The van der Waals surface area contributed by atoms with Crippen molar-refractivity contribution in [2.75, 3.05) is 6.54 Å². The number of likely N-dealkylation sites (tertiary alicyclic amines) is 1. The van der Waals surface area contributed by atoms with Crippen molar-refractivity contribution in [3.8, 4) is 0 Å². The van der Waals surface area contributed by atoms with E-state index in [0.717, 1.165) is 12.8 Å². The van der Waals surface area contributed by atoms with Gasteiger partial charge in [0.1, 0.15) is 11.6 Å². The number of aliphatic carboxylic acids is 1. The van der Waals surface area contributed by atoms with Gasteiger partial charge in [-0.15, -0.1) is 0 Å². The fourth-order valence-corrected chi connectivity index (χ4v) is 4.33. The van der Waals surface area contributed by atoms with Crippen LogP contribution in [-0.2, 0) is 19.1 Å². The van der Waals surface area contributed by atoms with Crippen LogP contribution in [0.2, 0.25) is 0 Å². The normalized spacial score (nSPS) is 34.6. The van der Waals surface area contributed by atoms with Crippen LogP contribution in [0.1, 0.15) is 40.0 Å². The minimum Gasteiger partial charge on any atom is -0.481 e. The standard InChI is InChI=1S/C18H25NO5/c1-18(2,3)24-17(23)12-5-4-8-19(12)15(20)13-10-6-7-11(9-10)14(13)16(21)22/h6-7,10-14H,4-5,8-9H2,1-3H3,(H,21,22)/t10-,11+,12+,13-,14+/m1/s1. The molecule has 2 bridgehead atoms. The fourth-order valence-electron chi connectivity index (χ4n) is 4.33. The number of rotatable bonds is 3. The number of fused-ring (bicyclic) bond motifs is 2. The number of hydrogen-bond acceptors (Lipinski definition) is 4. The van der Waals surface area contributed by atoms with Crippen LogP contribution in [0.15, 0.2) is 12.2 Å². The second kappa shape index (κ2) is 5.90. The monoisotopic (exact) mass is 335 g/mol. The summed E-state index contributed by atoms with van der Waals surface area (Å²) in [6.45, 7) is 5.89. The number of nitrogens with zero attached hydrogens (tertiary/aromatic N) is 1. The number of esters is 1. The topological polar surface area (TPSA) is 83.9 Å². The van der Waals surface area contributed by atoms with Gasteiger partial charge in [-0.2, -0.15) is 0 Å². The summed E-state index contributed by atoms with van der Waals surface area (Å²) in [5.74, 6) is -2.83. The molecular formula is C18H25NO5. The highest BCUT2D eigenvalue weighted by Crippen LogP contribution is 2.49. The maximum atomic E-state index is 13.1. The van der Waals surface area contributed by atoms with Crippen LogP contribution in [0.3, 0.4) is 0 Å². The molecule has 0 unspecified atom stereocenters. The molecule has 2 aliphatic carbocycles.